The van der Waals surface area contributed by atoms with Gasteiger partial charge in [0.05, 0.1) is 6.26 Å². The molecule has 0 fully saturated rings. The van der Waals surface area contributed by atoms with E-state index in [9.17, 15) is 8.42 Å². The van der Waals surface area contributed by atoms with Crippen LogP contribution >= 0.6 is 0 Å². The molecule has 0 aliphatic heterocycles. The zero-order valence-corrected chi connectivity index (χ0v) is 9.53. The summed E-state index contributed by atoms with van der Waals surface area (Å²) in [6, 6.07) is 0. The zero-order chi connectivity index (χ0) is 11.5. The molecule has 0 saturated carbocycles. The summed E-state index contributed by atoms with van der Waals surface area (Å²) in [7, 11) is -3.28. The Labute approximate surface area is 89.2 Å². The van der Waals surface area contributed by atoms with Crippen molar-refractivity contribution in [2.24, 2.45) is 9.98 Å². The van der Waals surface area contributed by atoms with Gasteiger partial charge in [0.25, 0.3) is 0 Å². The molecule has 0 saturated heterocycles. The summed E-state index contributed by atoms with van der Waals surface area (Å²) >= 11 is 0. The SMILES string of the molecule is C=Nc1cn(S(C)(=O)=O)cc1/N=C\CC. The van der Waals surface area contributed by atoms with Crippen molar-refractivity contribution < 1.29 is 8.42 Å². The van der Waals surface area contributed by atoms with Crippen molar-refractivity contribution in [3.8, 4) is 0 Å². The molecular weight excluding hydrogens is 214 g/mol. The van der Waals surface area contributed by atoms with Crippen molar-refractivity contribution in [3.05, 3.63) is 12.4 Å². The van der Waals surface area contributed by atoms with E-state index in [1.165, 1.54) is 12.4 Å². The monoisotopic (exact) mass is 227 g/mol. The third-order valence-electron chi connectivity index (χ3n) is 1.73. The van der Waals surface area contributed by atoms with Gasteiger partial charge in [0.2, 0.25) is 10.0 Å². The van der Waals surface area contributed by atoms with Crippen LogP contribution in [0.2, 0.25) is 0 Å². The Morgan fingerprint density at radius 1 is 1.47 bits per heavy atom. The highest BCUT2D eigenvalue weighted by atomic mass is 32.2. The zero-order valence-electron chi connectivity index (χ0n) is 8.71. The maximum Gasteiger partial charge on any atom is 0.235 e. The van der Waals surface area contributed by atoms with E-state index in [1.807, 2.05) is 6.92 Å². The van der Waals surface area contributed by atoms with Gasteiger partial charge in [-0.15, -0.1) is 0 Å². The first-order valence-corrected chi connectivity index (χ1v) is 6.25. The Bertz CT molecular complexity index is 485. The molecule has 6 heteroatoms. The highest BCUT2D eigenvalue weighted by molar-refractivity contribution is 7.89. The number of nitrogens with zero attached hydrogens (tertiary/aromatic N) is 3. The van der Waals surface area contributed by atoms with Crippen LogP contribution in [0, 0.1) is 0 Å². The average molecular weight is 227 g/mol. The van der Waals surface area contributed by atoms with E-state index in [1.54, 1.807) is 6.21 Å². The third-order valence-corrected chi connectivity index (χ3v) is 2.70. The second kappa shape index (κ2) is 4.39. The predicted octanol–water partition coefficient (Wildman–Crippen LogP) is 1.74. The van der Waals surface area contributed by atoms with Crippen LogP contribution < -0.4 is 0 Å². The fourth-order valence-corrected chi connectivity index (χ4v) is 1.60. The molecule has 0 bridgehead atoms. The topological polar surface area (TPSA) is 63.8 Å². The molecule has 1 heterocycles. The highest BCUT2D eigenvalue weighted by Crippen LogP contribution is 2.29. The van der Waals surface area contributed by atoms with Gasteiger partial charge in [-0.2, -0.15) is 0 Å². The van der Waals surface area contributed by atoms with Gasteiger partial charge in [-0.1, -0.05) is 6.92 Å². The standard InChI is InChI=1S/C9H13N3O2S/c1-4-5-11-9-7-12(15(3,13)14)6-8(9)10-2/h5-7H,2,4H2,1,3H3/b11-5-. The molecule has 0 aliphatic rings. The van der Waals surface area contributed by atoms with E-state index in [0.717, 1.165) is 16.6 Å². The number of hydrogen-bond donors (Lipinski definition) is 0. The van der Waals surface area contributed by atoms with Gasteiger partial charge in [0.1, 0.15) is 11.4 Å². The lowest BCUT2D eigenvalue weighted by atomic mass is 10.4. The van der Waals surface area contributed by atoms with Gasteiger partial charge in [-0.05, 0) is 13.1 Å². The summed E-state index contributed by atoms with van der Waals surface area (Å²) < 4.78 is 23.6. The summed E-state index contributed by atoms with van der Waals surface area (Å²) in [6.07, 6.45) is 6.40. The van der Waals surface area contributed by atoms with Crippen LogP contribution in [0.1, 0.15) is 13.3 Å². The maximum absolute atomic E-state index is 11.2. The van der Waals surface area contributed by atoms with Crippen molar-refractivity contribution in [1.82, 2.24) is 3.97 Å². The molecule has 0 spiro atoms. The van der Waals surface area contributed by atoms with Gasteiger partial charge in [-0.25, -0.2) is 12.4 Å². The van der Waals surface area contributed by atoms with Crippen LogP contribution in [0.15, 0.2) is 22.4 Å². The van der Waals surface area contributed by atoms with Crippen LogP contribution in [0.4, 0.5) is 11.4 Å². The molecular formula is C9H13N3O2S. The first kappa shape index (κ1) is 11.6. The van der Waals surface area contributed by atoms with Crippen molar-refractivity contribution in [1.29, 1.82) is 0 Å². The molecule has 0 radical (unpaired) electrons. The summed E-state index contributed by atoms with van der Waals surface area (Å²) in [5, 5.41) is 0. The first-order chi connectivity index (χ1) is 6.99. The van der Waals surface area contributed by atoms with Crippen LogP contribution in [-0.4, -0.2) is 31.6 Å². The van der Waals surface area contributed by atoms with Crippen molar-refractivity contribution >= 4 is 34.3 Å². The van der Waals surface area contributed by atoms with Gasteiger partial charge < -0.3 is 0 Å². The molecule has 0 N–H and O–H groups in total. The van der Waals surface area contributed by atoms with E-state index >= 15 is 0 Å². The van der Waals surface area contributed by atoms with Crippen molar-refractivity contribution in [3.63, 3.8) is 0 Å². The summed E-state index contributed by atoms with van der Waals surface area (Å²) in [4.78, 5) is 7.79. The minimum absolute atomic E-state index is 0.463. The molecule has 0 atom stereocenters. The lowest BCUT2D eigenvalue weighted by molar-refractivity contribution is 0.593. The van der Waals surface area contributed by atoms with Crippen LogP contribution in [0.3, 0.4) is 0 Å². The molecule has 0 amide bonds. The number of aliphatic imine (C=N–C) groups is 2. The highest BCUT2D eigenvalue weighted by Gasteiger charge is 2.10. The summed E-state index contributed by atoms with van der Waals surface area (Å²) in [5.74, 6) is 0. The van der Waals surface area contributed by atoms with Crippen LogP contribution in [0.5, 0.6) is 0 Å². The fourth-order valence-electron chi connectivity index (χ4n) is 1.01. The first-order valence-electron chi connectivity index (χ1n) is 4.40. The lowest BCUT2D eigenvalue weighted by Gasteiger charge is -1.94. The van der Waals surface area contributed by atoms with Gasteiger partial charge >= 0.3 is 0 Å². The van der Waals surface area contributed by atoms with Crippen molar-refractivity contribution in [2.75, 3.05) is 6.26 Å². The molecule has 5 nitrogen and oxygen atoms in total. The quantitative estimate of drug-likeness (QED) is 0.735. The maximum atomic E-state index is 11.2. The summed E-state index contributed by atoms with van der Waals surface area (Å²) in [5.41, 5.74) is 0.974. The van der Waals surface area contributed by atoms with Crippen LogP contribution in [0.25, 0.3) is 0 Å². The van der Waals surface area contributed by atoms with E-state index in [4.69, 9.17) is 0 Å². The second-order valence-corrected chi connectivity index (χ2v) is 4.89. The van der Waals surface area contributed by atoms with E-state index in [0.29, 0.717) is 11.4 Å². The van der Waals surface area contributed by atoms with Gasteiger partial charge in [0.15, 0.2) is 0 Å². The normalized spacial score (nSPS) is 12.1. The Kier molecular flexibility index (Phi) is 3.41. The lowest BCUT2D eigenvalue weighted by Crippen LogP contribution is -2.06. The van der Waals surface area contributed by atoms with E-state index < -0.39 is 10.0 Å². The molecule has 0 unspecified atom stereocenters. The Morgan fingerprint density at radius 3 is 2.53 bits per heavy atom. The Hall–Kier alpha value is -1.43. The average Bonchev–Trinajstić information content (AvgIpc) is 2.57. The number of hydrogen-bond acceptors (Lipinski definition) is 4. The van der Waals surface area contributed by atoms with Crippen LogP contribution in [-0.2, 0) is 10.0 Å². The van der Waals surface area contributed by atoms with E-state index in [-0.39, 0.29) is 0 Å². The smallest absolute Gasteiger partial charge is 0.235 e. The molecule has 0 aliphatic carbocycles. The molecule has 82 valence electrons. The Balaban J connectivity index is 3.23. The number of aromatic nitrogens is 1. The minimum Gasteiger partial charge on any atom is -0.261 e. The molecule has 15 heavy (non-hydrogen) atoms. The van der Waals surface area contributed by atoms with Crippen molar-refractivity contribution in [2.45, 2.75) is 13.3 Å². The molecule has 1 aromatic heterocycles. The van der Waals surface area contributed by atoms with Gasteiger partial charge in [-0.3, -0.25) is 9.98 Å². The Morgan fingerprint density at radius 2 is 2.07 bits per heavy atom. The summed E-state index contributed by atoms with van der Waals surface area (Å²) in [6.45, 7) is 5.31. The third kappa shape index (κ3) is 2.76. The fraction of sp³-hybridized carbons (Fsp3) is 0.333. The number of rotatable bonds is 4. The molecule has 0 aromatic carbocycles. The van der Waals surface area contributed by atoms with E-state index in [2.05, 4.69) is 16.7 Å². The minimum atomic E-state index is -3.28. The second-order valence-electron chi connectivity index (χ2n) is 3.00. The predicted molar refractivity (Wildman–Crippen MR) is 62.3 cm³/mol. The molecule has 1 rings (SSSR count). The molecule has 1 aromatic rings. The largest absolute Gasteiger partial charge is 0.261 e. The van der Waals surface area contributed by atoms with Gasteiger partial charge in [0, 0.05) is 18.6 Å².